The molecule has 7 nitrogen and oxygen atoms in total. The van der Waals surface area contributed by atoms with Crippen LogP contribution in [0.2, 0.25) is 10.0 Å². The van der Waals surface area contributed by atoms with Crippen molar-refractivity contribution in [1.29, 1.82) is 0 Å². The fourth-order valence-corrected chi connectivity index (χ4v) is 3.03. The van der Waals surface area contributed by atoms with Crippen LogP contribution in [0.15, 0.2) is 46.5 Å². The van der Waals surface area contributed by atoms with E-state index in [0.717, 1.165) is 0 Å². The number of halogens is 2. The standard InChI is InChI=1S/C19H20Cl2N4O3/c1-27-16-6-4-3-5-12(16)15(25-28-2)10-18(26)24-17(22)9-11-7-13(20)19(23)14(21)8-11/h3-8H,9-10,23H2,1-2H3,(H2,22,24,26)/b25-15+. The molecular weight excluding hydrogens is 403 g/mol. The predicted octanol–water partition coefficient (Wildman–Crippen LogP) is 3.45. The van der Waals surface area contributed by atoms with E-state index in [2.05, 4.69) is 10.1 Å². The molecule has 0 aromatic heterocycles. The molecule has 0 bridgehead atoms. The van der Waals surface area contributed by atoms with E-state index in [9.17, 15) is 4.79 Å². The molecule has 2 aromatic carbocycles. The summed E-state index contributed by atoms with van der Waals surface area (Å²) in [6.07, 6.45) is 0.0784. The van der Waals surface area contributed by atoms with Gasteiger partial charge in [0.15, 0.2) is 0 Å². The first-order valence-corrected chi connectivity index (χ1v) is 8.94. The first kappa shape index (κ1) is 21.5. The Labute approximate surface area is 172 Å². The van der Waals surface area contributed by atoms with E-state index >= 15 is 0 Å². The topological polar surface area (TPSA) is 112 Å². The van der Waals surface area contributed by atoms with Crippen LogP contribution in [0.1, 0.15) is 17.5 Å². The van der Waals surface area contributed by atoms with Gasteiger partial charge in [-0.3, -0.25) is 4.79 Å². The maximum atomic E-state index is 12.4. The second-order valence-electron chi connectivity index (χ2n) is 5.74. The maximum absolute atomic E-state index is 12.4. The second kappa shape index (κ2) is 9.96. The van der Waals surface area contributed by atoms with Crippen molar-refractivity contribution < 1.29 is 14.4 Å². The molecule has 148 valence electrons. The largest absolute Gasteiger partial charge is 0.496 e. The number of oxime groups is 1. The summed E-state index contributed by atoms with van der Waals surface area (Å²) in [6.45, 7) is 0. The van der Waals surface area contributed by atoms with Gasteiger partial charge in [0.2, 0.25) is 0 Å². The van der Waals surface area contributed by atoms with Crippen LogP contribution in [-0.2, 0) is 16.1 Å². The van der Waals surface area contributed by atoms with Gasteiger partial charge >= 0.3 is 0 Å². The van der Waals surface area contributed by atoms with E-state index < -0.39 is 5.91 Å². The SMILES string of the molecule is CO/N=C(\CC(=O)N=C(N)Cc1cc(Cl)c(N)c(Cl)c1)c1ccccc1OC. The molecule has 28 heavy (non-hydrogen) atoms. The second-order valence-corrected chi connectivity index (χ2v) is 6.56. The molecule has 0 fully saturated rings. The minimum Gasteiger partial charge on any atom is -0.496 e. The molecule has 9 heteroatoms. The Hall–Kier alpha value is -2.77. The van der Waals surface area contributed by atoms with Crippen LogP contribution in [0.4, 0.5) is 5.69 Å². The summed E-state index contributed by atoms with van der Waals surface area (Å²) in [5.74, 6) is 0.194. The molecule has 2 rings (SSSR count). The number of para-hydroxylation sites is 1. The van der Waals surface area contributed by atoms with Gasteiger partial charge in [0.05, 0.1) is 29.3 Å². The van der Waals surface area contributed by atoms with Crippen molar-refractivity contribution in [2.45, 2.75) is 12.8 Å². The summed E-state index contributed by atoms with van der Waals surface area (Å²) >= 11 is 12.0. The van der Waals surface area contributed by atoms with Crippen molar-refractivity contribution in [2.24, 2.45) is 15.9 Å². The average molecular weight is 423 g/mol. The fourth-order valence-electron chi connectivity index (χ4n) is 2.50. The van der Waals surface area contributed by atoms with Crippen LogP contribution in [-0.4, -0.2) is 31.7 Å². The number of ether oxygens (including phenoxy) is 1. The summed E-state index contributed by atoms with van der Waals surface area (Å²) in [6, 6.07) is 10.4. The zero-order chi connectivity index (χ0) is 20.7. The molecule has 0 unspecified atom stereocenters. The van der Waals surface area contributed by atoms with E-state index in [0.29, 0.717) is 32.6 Å². The number of benzene rings is 2. The van der Waals surface area contributed by atoms with Crippen LogP contribution in [0.25, 0.3) is 0 Å². The molecule has 0 aliphatic carbocycles. The number of methoxy groups -OCH3 is 1. The summed E-state index contributed by atoms with van der Waals surface area (Å²) < 4.78 is 5.30. The molecule has 0 saturated carbocycles. The van der Waals surface area contributed by atoms with Gasteiger partial charge in [-0.05, 0) is 29.8 Å². The predicted molar refractivity (Wildman–Crippen MR) is 112 cm³/mol. The Morgan fingerprint density at radius 1 is 1.14 bits per heavy atom. The molecule has 0 radical (unpaired) electrons. The average Bonchev–Trinajstić information content (AvgIpc) is 2.65. The highest BCUT2D eigenvalue weighted by atomic mass is 35.5. The monoisotopic (exact) mass is 422 g/mol. The molecule has 0 atom stereocenters. The lowest BCUT2D eigenvalue weighted by molar-refractivity contribution is -0.116. The van der Waals surface area contributed by atoms with E-state index in [1.165, 1.54) is 14.2 Å². The Kier molecular flexibility index (Phi) is 7.66. The molecule has 1 amide bonds. The number of hydrogen-bond donors (Lipinski definition) is 2. The third kappa shape index (κ3) is 5.61. The first-order chi connectivity index (χ1) is 13.3. The van der Waals surface area contributed by atoms with Crippen LogP contribution in [0.5, 0.6) is 5.75 Å². The van der Waals surface area contributed by atoms with Crippen molar-refractivity contribution in [1.82, 2.24) is 0 Å². The number of amidine groups is 1. The number of aliphatic imine (C=N–C) groups is 1. The Morgan fingerprint density at radius 2 is 1.79 bits per heavy atom. The zero-order valence-corrected chi connectivity index (χ0v) is 16.9. The number of hydrogen-bond acceptors (Lipinski definition) is 5. The van der Waals surface area contributed by atoms with Crippen LogP contribution in [0.3, 0.4) is 0 Å². The molecule has 0 spiro atoms. The number of rotatable bonds is 7. The summed E-state index contributed by atoms with van der Waals surface area (Å²) in [4.78, 5) is 21.1. The maximum Gasteiger partial charge on any atom is 0.253 e. The number of nitrogens with two attached hydrogens (primary N) is 2. The number of nitrogen functional groups attached to an aromatic ring is 1. The third-order valence-electron chi connectivity index (χ3n) is 3.73. The number of nitrogens with zero attached hydrogens (tertiary/aromatic N) is 2. The van der Waals surface area contributed by atoms with E-state index in [4.69, 9.17) is 44.2 Å². The third-order valence-corrected chi connectivity index (χ3v) is 4.36. The Morgan fingerprint density at radius 3 is 2.39 bits per heavy atom. The number of carbonyl (C=O) groups is 1. The van der Waals surface area contributed by atoms with Crippen LogP contribution in [0, 0.1) is 0 Å². The van der Waals surface area contributed by atoms with Crippen molar-refractivity contribution in [2.75, 3.05) is 20.0 Å². The summed E-state index contributed by atoms with van der Waals surface area (Å²) in [5.41, 5.74) is 13.6. The highest BCUT2D eigenvalue weighted by Gasteiger charge is 2.15. The van der Waals surface area contributed by atoms with Crippen molar-refractivity contribution in [3.8, 4) is 5.75 Å². The van der Waals surface area contributed by atoms with E-state index in [-0.39, 0.29) is 24.4 Å². The van der Waals surface area contributed by atoms with Crippen molar-refractivity contribution in [3.05, 3.63) is 57.6 Å². The zero-order valence-electron chi connectivity index (χ0n) is 15.4. The number of anilines is 1. The molecule has 0 heterocycles. The van der Waals surface area contributed by atoms with Gasteiger partial charge in [-0.1, -0.05) is 40.5 Å². The lowest BCUT2D eigenvalue weighted by Crippen LogP contribution is -2.19. The van der Waals surface area contributed by atoms with Gasteiger partial charge in [0.25, 0.3) is 5.91 Å². The molecular formula is C19H20Cl2N4O3. The molecule has 0 saturated heterocycles. The highest BCUT2D eigenvalue weighted by molar-refractivity contribution is 6.39. The number of amides is 1. The van der Waals surface area contributed by atoms with Gasteiger partial charge in [0, 0.05) is 12.0 Å². The molecule has 0 aliphatic rings. The quantitative estimate of drug-likeness (QED) is 0.307. The molecule has 2 aromatic rings. The Balaban J connectivity index is 2.17. The molecule has 0 aliphatic heterocycles. The lowest BCUT2D eigenvalue weighted by Gasteiger charge is -2.09. The minimum absolute atomic E-state index is 0.110. The smallest absolute Gasteiger partial charge is 0.253 e. The van der Waals surface area contributed by atoms with Crippen molar-refractivity contribution in [3.63, 3.8) is 0 Å². The fraction of sp³-hybridized carbons (Fsp3) is 0.211. The first-order valence-electron chi connectivity index (χ1n) is 8.18. The van der Waals surface area contributed by atoms with Gasteiger partial charge in [-0.2, -0.15) is 0 Å². The van der Waals surface area contributed by atoms with Gasteiger partial charge in [0.1, 0.15) is 24.4 Å². The Bertz CT molecular complexity index is 906. The lowest BCUT2D eigenvalue weighted by atomic mass is 10.1. The van der Waals surface area contributed by atoms with Gasteiger partial charge in [-0.25, -0.2) is 4.99 Å². The summed E-state index contributed by atoms with van der Waals surface area (Å²) in [7, 11) is 2.93. The van der Waals surface area contributed by atoms with E-state index in [1.807, 2.05) is 6.07 Å². The van der Waals surface area contributed by atoms with Crippen LogP contribution >= 0.6 is 23.2 Å². The minimum atomic E-state index is -0.480. The van der Waals surface area contributed by atoms with Crippen LogP contribution < -0.4 is 16.2 Å². The van der Waals surface area contributed by atoms with Gasteiger partial charge in [-0.15, -0.1) is 0 Å². The number of carbonyl (C=O) groups excluding carboxylic acids is 1. The highest BCUT2D eigenvalue weighted by Crippen LogP contribution is 2.29. The van der Waals surface area contributed by atoms with Crippen molar-refractivity contribution >= 4 is 46.3 Å². The van der Waals surface area contributed by atoms with E-state index in [1.54, 1.807) is 30.3 Å². The summed E-state index contributed by atoms with van der Waals surface area (Å²) in [5, 5.41) is 4.55. The van der Waals surface area contributed by atoms with Gasteiger partial charge < -0.3 is 21.0 Å². The normalized spacial score (nSPS) is 12.0. The molecule has 4 N–H and O–H groups in total.